The Balaban J connectivity index is 2.33. The Morgan fingerprint density at radius 3 is 2.78 bits per heavy atom. The number of methoxy groups -OCH3 is 1. The lowest BCUT2D eigenvalue weighted by molar-refractivity contribution is 0.366. The fourth-order valence-corrected chi connectivity index (χ4v) is 1.94. The van der Waals surface area contributed by atoms with Gasteiger partial charge in [-0.2, -0.15) is 4.98 Å². The van der Waals surface area contributed by atoms with Gasteiger partial charge < -0.3 is 9.47 Å². The highest BCUT2D eigenvalue weighted by atomic mass is 79.9. The second kappa shape index (κ2) is 5.54. The summed E-state index contributed by atoms with van der Waals surface area (Å²) in [6, 6.07) is 5.88. The zero-order chi connectivity index (χ0) is 13.1. The molecular weight excluding hydrogens is 320 g/mol. The molecule has 0 saturated heterocycles. The van der Waals surface area contributed by atoms with Crippen LogP contribution in [0.5, 0.6) is 17.6 Å². The number of rotatable bonds is 3. The van der Waals surface area contributed by atoms with Gasteiger partial charge >= 0.3 is 6.01 Å². The van der Waals surface area contributed by atoms with E-state index in [1.54, 1.807) is 0 Å². The number of hydrogen-bond donors (Lipinski definition) is 0. The SMILES string of the molecule is COc1ncc(Cl)c(Oc2ccc(Br)cc2C)n1. The highest BCUT2D eigenvalue weighted by molar-refractivity contribution is 9.10. The number of ether oxygens (including phenoxy) is 2. The van der Waals surface area contributed by atoms with Crippen molar-refractivity contribution >= 4 is 27.5 Å². The molecule has 0 saturated carbocycles. The first-order chi connectivity index (χ1) is 8.60. The van der Waals surface area contributed by atoms with Crippen molar-refractivity contribution in [2.75, 3.05) is 7.11 Å². The van der Waals surface area contributed by atoms with E-state index >= 15 is 0 Å². The maximum Gasteiger partial charge on any atom is 0.319 e. The smallest absolute Gasteiger partial charge is 0.319 e. The minimum absolute atomic E-state index is 0.212. The second-order valence-electron chi connectivity index (χ2n) is 3.52. The zero-order valence-corrected chi connectivity index (χ0v) is 12.1. The van der Waals surface area contributed by atoms with Crippen LogP contribution in [-0.4, -0.2) is 17.1 Å². The van der Waals surface area contributed by atoms with Crippen LogP contribution in [0, 0.1) is 6.92 Å². The number of hydrogen-bond acceptors (Lipinski definition) is 4. The number of nitrogens with zero attached hydrogens (tertiary/aromatic N) is 2. The summed E-state index contributed by atoms with van der Waals surface area (Å²) < 4.78 is 11.6. The summed E-state index contributed by atoms with van der Waals surface area (Å²) in [7, 11) is 1.48. The van der Waals surface area contributed by atoms with Gasteiger partial charge in [0.2, 0.25) is 5.88 Å². The zero-order valence-electron chi connectivity index (χ0n) is 9.78. The third kappa shape index (κ3) is 2.91. The van der Waals surface area contributed by atoms with Gasteiger partial charge in [0.1, 0.15) is 10.8 Å². The van der Waals surface area contributed by atoms with Crippen molar-refractivity contribution in [2.45, 2.75) is 6.92 Å². The van der Waals surface area contributed by atoms with Crippen molar-refractivity contribution in [2.24, 2.45) is 0 Å². The first kappa shape index (κ1) is 13.1. The van der Waals surface area contributed by atoms with Crippen molar-refractivity contribution in [1.29, 1.82) is 0 Å². The van der Waals surface area contributed by atoms with Crippen LogP contribution in [0.1, 0.15) is 5.56 Å². The lowest BCUT2D eigenvalue weighted by atomic mass is 10.2. The van der Waals surface area contributed by atoms with E-state index in [0.29, 0.717) is 10.8 Å². The van der Waals surface area contributed by atoms with E-state index in [9.17, 15) is 0 Å². The standard InChI is InChI=1S/C12H10BrClN2O2/c1-7-5-8(13)3-4-10(7)18-11-9(14)6-15-12(16-11)17-2/h3-6H,1-2H3. The van der Waals surface area contributed by atoms with Crippen LogP contribution in [-0.2, 0) is 0 Å². The van der Waals surface area contributed by atoms with Crippen LogP contribution >= 0.6 is 27.5 Å². The number of aryl methyl sites for hydroxylation is 1. The van der Waals surface area contributed by atoms with Gasteiger partial charge in [0.15, 0.2) is 0 Å². The molecule has 2 rings (SSSR count). The lowest BCUT2D eigenvalue weighted by Crippen LogP contribution is -1.96. The molecule has 0 fully saturated rings. The predicted octanol–water partition coefficient (Wildman–Crippen LogP) is 4.00. The Bertz CT molecular complexity index is 578. The van der Waals surface area contributed by atoms with Gasteiger partial charge in [-0.1, -0.05) is 27.5 Å². The van der Waals surface area contributed by atoms with E-state index in [1.165, 1.54) is 13.3 Å². The third-order valence-electron chi connectivity index (χ3n) is 2.22. The summed E-state index contributed by atoms with van der Waals surface area (Å²) in [5, 5.41) is 0.332. The van der Waals surface area contributed by atoms with E-state index in [1.807, 2.05) is 25.1 Å². The minimum Gasteiger partial charge on any atom is -0.467 e. The number of benzene rings is 1. The number of halogens is 2. The first-order valence-corrected chi connectivity index (χ1v) is 6.28. The van der Waals surface area contributed by atoms with E-state index in [2.05, 4.69) is 25.9 Å². The molecule has 6 heteroatoms. The van der Waals surface area contributed by atoms with Crippen molar-refractivity contribution in [1.82, 2.24) is 9.97 Å². The van der Waals surface area contributed by atoms with Crippen LogP contribution in [0.2, 0.25) is 5.02 Å². The van der Waals surface area contributed by atoms with Crippen molar-refractivity contribution in [3.8, 4) is 17.6 Å². The van der Waals surface area contributed by atoms with E-state index in [-0.39, 0.29) is 11.9 Å². The van der Waals surface area contributed by atoms with Crippen LogP contribution in [0.15, 0.2) is 28.9 Å². The molecule has 0 atom stereocenters. The summed E-state index contributed by atoms with van der Waals surface area (Å²) in [6.45, 7) is 1.94. The van der Waals surface area contributed by atoms with Gasteiger partial charge in [0, 0.05) is 4.47 Å². The monoisotopic (exact) mass is 328 g/mol. The average Bonchev–Trinajstić information content (AvgIpc) is 2.35. The summed E-state index contributed by atoms with van der Waals surface area (Å²) in [5.74, 6) is 0.954. The largest absolute Gasteiger partial charge is 0.467 e. The molecule has 0 aliphatic carbocycles. The molecule has 0 N–H and O–H groups in total. The molecule has 0 radical (unpaired) electrons. The van der Waals surface area contributed by atoms with E-state index in [4.69, 9.17) is 21.1 Å². The molecule has 4 nitrogen and oxygen atoms in total. The lowest BCUT2D eigenvalue weighted by Gasteiger charge is -2.09. The van der Waals surface area contributed by atoms with Crippen LogP contribution in [0.3, 0.4) is 0 Å². The average molecular weight is 330 g/mol. The number of aromatic nitrogens is 2. The molecule has 0 amide bonds. The van der Waals surface area contributed by atoms with Crippen molar-refractivity contribution < 1.29 is 9.47 Å². The van der Waals surface area contributed by atoms with Crippen molar-refractivity contribution in [3.63, 3.8) is 0 Å². The maximum absolute atomic E-state index is 5.97. The van der Waals surface area contributed by atoms with Gasteiger partial charge in [-0.3, -0.25) is 0 Å². The molecule has 18 heavy (non-hydrogen) atoms. The predicted molar refractivity (Wildman–Crippen MR) is 72.5 cm³/mol. The van der Waals surface area contributed by atoms with Gasteiger partial charge in [0.25, 0.3) is 0 Å². The Hall–Kier alpha value is -1.33. The fourth-order valence-electron chi connectivity index (χ4n) is 1.34. The van der Waals surface area contributed by atoms with E-state index < -0.39 is 0 Å². The normalized spacial score (nSPS) is 10.2. The molecule has 1 aromatic heterocycles. The summed E-state index contributed by atoms with van der Waals surface area (Å²) in [4.78, 5) is 7.93. The topological polar surface area (TPSA) is 44.2 Å². The highest BCUT2D eigenvalue weighted by Crippen LogP contribution is 2.31. The summed E-state index contributed by atoms with van der Waals surface area (Å²) >= 11 is 9.36. The summed E-state index contributed by atoms with van der Waals surface area (Å²) in [5.41, 5.74) is 0.970. The van der Waals surface area contributed by atoms with Crippen LogP contribution in [0.25, 0.3) is 0 Å². The highest BCUT2D eigenvalue weighted by Gasteiger charge is 2.10. The molecule has 94 valence electrons. The van der Waals surface area contributed by atoms with Crippen LogP contribution in [0.4, 0.5) is 0 Å². The van der Waals surface area contributed by atoms with Gasteiger partial charge in [0.05, 0.1) is 13.3 Å². The van der Waals surface area contributed by atoms with Crippen molar-refractivity contribution in [3.05, 3.63) is 39.5 Å². The molecule has 0 spiro atoms. The maximum atomic E-state index is 5.97. The molecule has 0 unspecified atom stereocenters. The Kier molecular flexibility index (Phi) is 4.04. The quantitative estimate of drug-likeness (QED) is 0.853. The Morgan fingerprint density at radius 2 is 2.11 bits per heavy atom. The first-order valence-electron chi connectivity index (χ1n) is 5.10. The van der Waals surface area contributed by atoms with Gasteiger partial charge in [-0.15, -0.1) is 0 Å². The van der Waals surface area contributed by atoms with Gasteiger partial charge in [-0.25, -0.2) is 4.98 Å². The Morgan fingerprint density at radius 1 is 1.33 bits per heavy atom. The fraction of sp³-hybridized carbons (Fsp3) is 0.167. The molecule has 0 aliphatic rings. The van der Waals surface area contributed by atoms with Gasteiger partial charge in [-0.05, 0) is 30.7 Å². The van der Waals surface area contributed by atoms with E-state index in [0.717, 1.165) is 10.0 Å². The molecule has 0 bridgehead atoms. The molecule has 1 heterocycles. The molecule has 1 aromatic carbocycles. The minimum atomic E-state index is 0.212. The molecular formula is C12H10BrClN2O2. The summed E-state index contributed by atoms with van der Waals surface area (Å²) in [6.07, 6.45) is 1.44. The molecule has 0 aliphatic heterocycles. The second-order valence-corrected chi connectivity index (χ2v) is 4.84. The Labute approximate surface area is 118 Å². The molecule has 2 aromatic rings. The third-order valence-corrected chi connectivity index (χ3v) is 2.97. The van der Waals surface area contributed by atoms with Crippen LogP contribution < -0.4 is 9.47 Å².